The maximum Gasteiger partial charge on any atom is 0.500 e. The van der Waals surface area contributed by atoms with Gasteiger partial charge >= 0.3 is 14.8 Å². The van der Waals surface area contributed by atoms with Gasteiger partial charge in [-0.05, 0) is 51.7 Å². The van der Waals surface area contributed by atoms with Gasteiger partial charge in [-0.25, -0.2) is 9.80 Å². The van der Waals surface area contributed by atoms with E-state index in [4.69, 9.17) is 13.3 Å². The van der Waals surface area contributed by atoms with Crippen molar-refractivity contribution in [3.8, 4) is 0 Å². The highest BCUT2D eigenvalue weighted by atomic mass is 28.4. The molecule has 1 N–H and O–H groups in total. The summed E-state index contributed by atoms with van der Waals surface area (Å²) in [6.07, 6.45) is 7.68. The van der Waals surface area contributed by atoms with E-state index >= 15 is 0 Å². The number of unbranched alkanes of at least 4 members (excludes halogenated alkanes) is 1. The average molecular weight is 450 g/mol. The first-order valence-corrected chi connectivity index (χ1v) is 13.5. The van der Waals surface area contributed by atoms with Gasteiger partial charge in [0.1, 0.15) is 0 Å². The van der Waals surface area contributed by atoms with Crippen LogP contribution in [0.3, 0.4) is 0 Å². The molecule has 0 unspecified atom stereocenters. The monoisotopic (exact) mass is 449 g/mol. The molecular formula is C23H39N3O4Si. The summed E-state index contributed by atoms with van der Waals surface area (Å²) in [6, 6.07) is 8.83. The summed E-state index contributed by atoms with van der Waals surface area (Å²) in [4.78, 5) is 13.1. The number of benzene rings is 1. The number of para-hydroxylation sites is 1. The summed E-state index contributed by atoms with van der Waals surface area (Å²) in [7, 11) is -2.68. The molecule has 1 aliphatic heterocycles. The van der Waals surface area contributed by atoms with E-state index in [2.05, 4.69) is 30.4 Å². The Bertz CT molecular complexity index is 684. The first kappa shape index (κ1) is 25.4. The summed E-state index contributed by atoms with van der Waals surface area (Å²) in [5, 5.41) is 6.86. The zero-order valence-electron chi connectivity index (χ0n) is 19.6. The third kappa shape index (κ3) is 7.35. The zero-order chi connectivity index (χ0) is 22.5. The van der Waals surface area contributed by atoms with Crippen LogP contribution in [0.25, 0.3) is 0 Å². The Kier molecular flexibility index (Phi) is 11.1. The lowest BCUT2D eigenvalue weighted by atomic mass is 10.1. The van der Waals surface area contributed by atoms with Crippen molar-refractivity contribution in [2.45, 2.75) is 59.4 Å². The molecule has 0 aromatic heterocycles. The van der Waals surface area contributed by atoms with Crippen LogP contribution in [0, 0.1) is 0 Å². The fraction of sp³-hybridized carbons (Fsp3) is 0.609. The van der Waals surface area contributed by atoms with Crippen LogP contribution in [0.2, 0.25) is 6.04 Å². The SMILES string of the molecule is CCCCN(C(=O)NCCC[Si](OCC)(OCC)OCC)N1C=CCc2ccccc21. The minimum Gasteiger partial charge on any atom is -0.374 e. The standard InChI is InChI=1S/C23H39N3O4Si/c1-5-9-18-26(25-19-12-15-21-14-10-11-16-22(21)25)23(27)24-17-13-20-31(28-6-2,29-7-3)30-8-4/h10-12,14,16,19H,5-9,13,15,17-18,20H2,1-4H3,(H,24,27). The van der Waals surface area contributed by atoms with Gasteiger partial charge in [0.05, 0.1) is 5.69 Å². The van der Waals surface area contributed by atoms with Crippen LogP contribution in [0.5, 0.6) is 0 Å². The topological polar surface area (TPSA) is 63.3 Å². The van der Waals surface area contributed by atoms with Gasteiger partial charge in [0.15, 0.2) is 0 Å². The largest absolute Gasteiger partial charge is 0.500 e. The molecule has 0 atom stereocenters. The fourth-order valence-electron chi connectivity index (χ4n) is 3.69. The van der Waals surface area contributed by atoms with Crippen molar-refractivity contribution < 1.29 is 18.1 Å². The van der Waals surface area contributed by atoms with Gasteiger partial charge in [-0.2, -0.15) is 0 Å². The molecule has 0 fully saturated rings. The molecule has 2 amide bonds. The Morgan fingerprint density at radius 1 is 1.06 bits per heavy atom. The number of allylic oxidation sites excluding steroid dienone is 1. The Morgan fingerprint density at radius 3 is 2.39 bits per heavy atom. The molecular weight excluding hydrogens is 410 g/mol. The second-order valence-electron chi connectivity index (χ2n) is 7.36. The number of nitrogens with zero attached hydrogens (tertiary/aromatic N) is 2. The summed E-state index contributed by atoms with van der Waals surface area (Å²) in [5.41, 5.74) is 2.28. The lowest BCUT2D eigenvalue weighted by Crippen LogP contribution is -2.51. The van der Waals surface area contributed by atoms with Gasteiger partial charge in [0.25, 0.3) is 0 Å². The number of hydrogen-bond acceptors (Lipinski definition) is 5. The van der Waals surface area contributed by atoms with Crippen LogP contribution >= 0.6 is 0 Å². The van der Waals surface area contributed by atoms with Crippen molar-refractivity contribution in [2.24, 2.45) is 0 Å². The van der Waals surface area contributed by atoms with Crippen molar-refractivity contribution in [1.29, 1.82) is 0 Å². The number of urea groups is 1. The van der Waals surface area contributed by atoms with Gasteiger partial charge < -0.3 is 18.6 Å². The molecule has 0 spiro atoms. The summed E-state index contributed by atoms with van der Waals surface area (Å²) < 4.78 is 17.7. The van der Waals surface area contributed by atoms with Crippen molar-refractivity contribution in [3.05, 3.63) is 42.1 Å². The molecule has 174 valence electrons. The number of rotatable bonds is 14. The molecule has 0 bridgehead atoms. The Balaban J connectivity index is 2.00. The van der Waals surface area contributed by atoms with Crippen LogP contribution in [-0.4, -0.2) is 52.8 Å². The molecule has 0 radical (unpaired) electrons. The second kappa shape index (κ2) is 13.5. The van der Waals surface area contributed by atoms with E-state index < -0.39 is 8.80 Å². The van der Waals surface area contributed by atoms with E-state index in [1.807, 2.05) is 44.1 Å². The molecule has 1 aromatic carbocycles. The number of amides is 2. The first-order chi connectivity index (χ1) is 15.1. The van der Waals surface area contributed by atoms with Gasteiger partial charge in [-0.3, -0.25) is 5.01 Å². The van der Waals surface area contributed by atoms with E-state index in [0.717, 1.165) is 31.4 Å². The van der Waals surface area contributed by atoms with E-state index in [1.54, 1.807) is 5.01 Å². The van der Waals surface area contributed by atoms with Crippen molar-refractivity contribution >= 4 is 20.5 Å². The third-order valence-electron chi connectivity index (χ3n) is 5.07. The van der Waals surface area contributed by atoms with Crippen LogP contribution < -0.4 is 10.3 Å². The fourth-order valence-corrected chi connectivity index (χ4v) is 6.30. The maximum atomic E-state index is 13.1. The molecule has 1 aliphatic rings. The molecule has 0 saturated heterocycles. The van der Waals surface area contributed by atoms with Gasteiger partial charge in [0.2, 0.25) is 0 Å². The Hall–Kier alpha value is -1.87. The van der Waals surface area contributed by atoms with Crippen LogP contribution in [0.4, 0.5) is 10.5 Å². The highest BCUT2D eigenvalue weighted by Crippen LogP contribution is 2.27. The normalized spacial score (nSPS) is 13.2. The van der Waals surface area contributed by atoms with E-state index in [9.17, 15) is 4.79 Å². The molecule has 7 nitrogen and oxygen atoms in total. The van der Waals surface area contributed by atoms with Crippen molar-refractivity contribution in [3.63, 3.8) is 0 Å². The highest BCUT2D eigenvalue weighted by molar-refractivity contribution is 6.60. The highest BCUT2D eigenvalue weighted by Gasteiger charge is 2.39. The lowest BCUT2D eigenvalue weighted by Gasteiger charge is -2.37. The van der Waals surface area contributed by atoms with Gasteiger partial charge in [0, 0.05) is 45.2 Å². The smallest absolute Gasteiger partial charge is 0.374 e. The third-order valence-corrected chi connectivity index (χ3v) is 8.22. The van der Waals surface area contributed by atoms with E-state index in [-0.39, 0.29) is 6.03 Å². The van der Waals surface area contributed by atoms with E-state index in [0.29, 0.717) is 39.0 Å². The van der Waals surface area contributed by atoms with Gasteiger partial charge in [-0.1, -0.05) is 37.6 Å². The first-order valence-electron chi connectivity index (χ1n) is 11.6. The number of carbonyl (C=O) groups is 1. The number of fused-ring (bicyclic) bond motifs is 1. The number of hydrazine groups is 1. The number of nitrogens with one attached hydrogen (secondary N) is 1. The quantitative estimate of drug-likeness (QED) is 0.329. The van der Waals surface area contributed by atoms with Gasteiger partial charge in [-0.15, -0.1) is 0 Å². The second-order valence-corrected chi connectivity index (χ2v) is 10.1. The van der Waals surface area contributed by atoms with Crippen molar-refractivity contribution in [2.75, 3.05) is 37.9 Å². The number of hydrogen-bond donors (Lipinski definition) is 1. The predicted octanol–water partition coefficient (Wildman–Crippen LogP) is 4.73. The molecule has 0 aliphatic carbocycles. The zero-order valence-corrected chi connectivity index (χ0v) is 20.6. The lowest BCUT2D eigenvalue weighted by molar-refractivity contribution is 0.0708. The average Bonchev–Trinajstić information content (AvgIpc) is 2.77. The molecule has 2 rings (SSSR count). The molecule has 0 saturated carbocycles. The number of carbonyl (C=O) groups excluding carboxylic acids is 1. The summed E-state index contributed by atoms with van der Waals surface area (Å²) in [6.45, 7) is 10.9. The summed E-state index contributed by atoms with van der Waals surface area (Å²) >= 11 is 0. The molecule has 1 aromatic rings. The Labute approximate surface area is 188 Å². The molecule has 8 heteroatoms. The maximum absolute atomic E-state index is 13.1. The Morgan fingerprint density at radius 2 is 1.74 bits per heavy atom. The van der Waals surface area contributed by atoms with Crippen LogP contribution in [0.15, 0.2) is 36.5 Å². The minimum absolute atomic E-state index is 0.0914. The molecule has 1 heterocycles. The van der Waals surface area contributed by atoms with Crippen molar-refractivity contribution in [1.82, 2.24) is 10.3 Å². The molecule has 31 heavy (non-hydrogen) atoms. The van der Waals surface area contributed by atoms with Crippen LogP contribution in [-0.2, 0) is 19.7 Å². The van der Waals surface area contributed by atoms with E-state index in [1.165, 1.54) is 5.56 Å². The predicted molar refractivity (Wildman–Crippen MR) is 127 cm³/mol. The summed E-state index contributed by atoms with van der Waals surface area (Å²) in [5.74, 6) is 0. The minimum atomic E-state index is -2.68. The van der Waals surface area contributed by atoms with Crippen LogP contribution in [0.1, 0.15) is 52.5 Å². The number of anilines is 1.